The highest BCUT2D eigenvalue weighted by Crippen LogP contribution is 2.22. The fourth-order valence-electron chi connectivity index (χ4n) is 2.33. The molecular weight excluding hydrogens is 316 g/mol. The van der Waals surface area contributed by atoms with Crippen LogP contribution in [0.1, 0.15) is 21.7 Å². The largest absolute Gasteiger partial charge is 0.354 e. The van der Waals surface area contributed by atoms with E-state index in [4.69, 9.17) is 0 Å². The lowest BCUT2D eigenvalue weighted by atomic mass is 10.2. The van der Waals surface area contributed by atoms with Gasteiger partial charge in [0, 0.05) is 13.2 Å². The molecule has 2 heterocycles. The smallest absolute Gasteiger partial charge is 0.271 e. The first-order valence-electron chi connectivity index (χ1n) is 7.81. The predicted octanol–water partition coefficient (Wildman–Crippen LogP) is 3.66. The van der Waals surface area contributed by atoms with Crippen LogP contribution in [0.3, 0.4) is 0 Å². The molecule has 1 aromatic carbocycles. The number of nitrogens with zero attached hydrogens (tertiary/aromatic N) is 5. The van der Waals surface area contributed by atoms with Gasteiger partial charge in [-0.05, 0) is 43.7 Å². The molecule has 0 bridgehead atoms. The van der Waals surface area contributed by atoms with Gasteiger partial charge >= 0.3 is 0 Å². The minimum absolute atomic E-state index is 0.229. The Labute approximate surface area is 145 Å². The molecule has 0 atom stereocenters. The second kappa shape index (κ2) is 7.04. The summed E-state index contributed by atoms with van der Waals surface area (Å²) in [5, 5.41) is 15.3. The number of carbonyl (C=O) groups is 1. The molecule has 25 heavy (non-hydrogen) atoms. The fraction of sp³-hybridized carbons (Fsp3) is 0.167. The van der Waals surface area contributed by atoms with Crippen LogP contribution in [0.25, 0.3) is 5.69 Å². The van der Waals surface area contributed by atoms with Gasteiger partial charge in [-0.15, -0.1) is 10.2 Å². The number of azo groups is 1. The van der Waals surface area contributed by atoms with Crippen LogP contribution in [-0.2, 0) is 0 Å². The Morgan fingerprint density at radius 2 is 1.88 bits per heavy atom. The normalized spacial score (nSPS) is 11.0. The number of nitrogens with one attached hydrogen (secondary N) is 1. The summed E-state index contributed by atoms with van der Waals surface area (Å²) in [6.07, 6.45) is 1.73. The highest BCUT2D eigenvalue weighted by molar-refractivity contribution is 5.91. The second-order valence-electron chi connectivity index (χ2n) is 5.49. The van der Waals surface area contributed by atoms with Crippen LogP contribution in [0.5, 0.6) is 0 Å². The van der Waals surface area contributed by atoms with Gasteiger partial charge in [-0.2, -0.15) is 5.10 Å². The van der Waals surface area contributed by atoms with Gasteiger partial charge in [0.15, 0.2) is 11.5 Å². The first-order valence-corrected chi connectivity index (χ1v) is 7.81. The van der Waals surface area contributed by atoms with Gasteiger partial charge in [-0.3, -0.25) is 4.79 Å². The summed E-state index contributed by atoms with van der Waals surface area (Å²) in [6.45, 7) is 3.85. The molecule has 0 aliphatic carbocycles. The van der Waals surface area contributed by atoms with Crippen LogP contribution in [0.4, 0.5) is 11.5 Å². The molecule has 1 amide bonds. The standard InChI is InChI=1S/C18H18N6O/c1-12-6-4-5-7-14(12)21-22-17-9-8-16(13(2)20-17)24-11-10-15(23-24)18(25)19-3/h4-11H,1-3H3,(H,19,25). The maximum Gasteiger partial charge on any atom is 0.271 e. The Bertz CT molecular complexity index is 944. The minimum atomic E-state index is -0.229. The van der Waals surface area contributed by atoms with E-state index >= 15 is 0 Å². The zero-order chi connectivity index (χ0) is 17.8. The Balaban J connectivity index is 1.85. The second-order valence-corrected chi connectivity index (χ2v) is 5.49. The number of carbonyl (C=O) groups excluding carboxylic acids is 1. The van der Waals surface area contributed by atoms with Crippen molar-refractivity contribution in [1.82, 2.24) is 20.1 Å². The topological polar surface area (TPSA) is 84.5 Å². The maximum atomic E-state index is 11.6. The lowest BCUT2D eigenvalue weighted by Crippen LogP contribution is -2.18. The summed E-state index contributed by atoms with van der Waals surface area (Å²) in [5.74, 6) is 0.288. The number of aryl methyl sites for hydroxylation is 2. The molecule has 0 unspecified atom stereocenters. The highest BCUT2D eigenvalue weighted by Gasteiger charge is 2.10. The first-order chi connectivity index (χ1) is 12.1. The molecule has 1 N–H and O–H groups in total. The average Bonchev–Trinajstić information content (AvgIpc) is 3.10. The summed E-state index contributed by atoms with van der Waals surface area (Å²) >= 11 is 0. The lowest BCUT2D eigenvalue weighted by molar-refractivity contribution is 0.0957. The quantitative estimate of drug-likeness (QED) is 0.739. The summed E-state index contributed by atoms with van der Waals surface area (Å²) in [5.41, 5.74) is 3.74. The van der Waals surface area contributed by atoms with E-state index in [-0.39, 0.29) is 5.91 Å². The first kappa shape index (κ1) is 16.5. The molecule has 0 spiro atoms. The molecule has 0 aliphatic rings. The van der Waals surface area contributed by atoms with Gasteiger partial charge in [-0.25, -0.2) is 9.67 Å². The number of amides is 1. The predicted molar refractivity (Wildman–Crippen MR) is 94.8 cm³/mol. The third kappa shape index (κ3) is 3.60. The summed E-state index contributed by atoms with van der Waals surface area (Å²) in [7, 11) is 1.57. The van der Waals surface area contributed by atoms with Crippen molar-refractivity contribution >= 4 is 17.4 Å². The van der Waals surface area contributed by atoms with Gasteiger partial charge in [0.25, 0.3) is 5.91 Å². The number of benzene rings is 1. The molecule has 3 rings (SSSR count). The van der Waals surface area contributed by atoms with E-state index in [2.05, 4.69) is 25.6 Å². The van der Waals surface area contributed by atoms with Crippen molar-refractivity contribution in [3.05, 3.63) is 65.6 Å². The highest BCUT2D eigenvalue weighted by atomic mass is 16.1. The number of pyridine rings is 1. The average molecular weight is 334 g/mol. The van der Waals surface area contributed by atoms with Gasteiger partial charge in [-0.1, -0.05) is 18.2 Å². The third-order valence-electron chi connectivity index (χ3n) is 3.71. The van der Waals surface area contributed by atoms with Crippen molar-refractivity contribution in [2.45, 2.75) is 13.8 Å². The summed E-state index contributed by atoms with van der Waals surface area (Å²) in [6, 6.07) is 13.1. The van der Waals surface area contributed by atoms with E-state index in [0.29, 0.717) is 11.5 Å². The van der Waals surface area contributed by atoms with Crippen LogP contribution < -0.4 is 5.32 Å². The SMILES string of the molecule is CNC(=O)c1ccn(-c2ccc(N=Nc3ccccc3C)nc2C)n1. The molecule has 126 valence electrons. The van der Waals surface area contributed by atoms with Gasteiger partial charge in [0.1, 0.15) is 0 Å². The van der Waals surface area contributed by atoms with Gasteiger partial charge in [0.05, 0.1) is 17.1 Å². The Hall–Kier alpha value is -3.35. The molecule has 0 saturated carbocycles. The monoisotopic (exact) mass is 334 g/mol. The van der Waals surface area contributed by atoms with Crippen LogP contribution >= 0.6 is 0 Å². The number of aromatic nitrogens is 3. The van der Waals surface area contributed by atoms with Crippen molar-refractivity contribution < 1.29 is 4.79 Å². The maximum absolute atomic E-state index is 11.6. The summed E-state index contributed by atoms with van der Waals surface area (Å²) < 4.78 is 1.62. The Kier molecular flexibility index (Phi) is 4.65. The molecule has 0 radical (unpaired) electrons. The molecule has 0 fully saturated rings. The van der Waals surface area contributed by atoms with Crippen LogP contribution in [0, 0.1) is 13.8 Å². The van der Waals surface area contributed by atoms with Crippen molar-refractivity contribution in [1.29, 1.82) is 0 Å². The van der Waals surface area contributed by atoms with Gasteiger partial charge < -0.3 is 5.32 Å². The molecule has 3 aromatic rings. The van der Waals surface area contributed by atoms with E-state index in [0.717, 1.165) is 22.6 Å². The van der Waals surface area contributed by atoms with E-state index in [1.165, 1.54) is 0 Å². The van der Waals surface area contributed by atoms with Crippen LogP contribution in [0.2, 0.25) is 0 Å². The van der Waals surface area contributed by atoms with Crippen molar-refractivity contribution in [3.8, 4) is 5.69 Å². The van der Waals surface area contributed by atoms with Crippen molar-refractivity contribution in [3.63, 3.8) is 0 Å². The third-order valence-corrected chi connectivity index (χ3v) is 3.71. The summed E-state index contributed by atoms with van der Waals surface area (Å²) in [4.78, 5) is 16.1. The van der Waals surface area contributed by atoms with E-state index in [1.807, 2.05) is 44.2 Å². The molecular formula is C18H18N6O. The van der Waals surface area contributed by atoms with E-state index < -0.39 is 0 Å². The number of hydrogen-bond donors (Lipinski definition) is 1. The van der Waals surface area contributed by atoms with E-state index in [9.17, 15) is 4.79 Å². The molecule has 0 aliphatic heterocycles. The molecule has 7 nitrogen and oxygen atoms in total. The Morgan fingerprint density at radius 1 is 1.08 bits per heavy atom. The zero-order valence-electron chi connectivity index (χ0n) is 14.3. The fourth-order valence-corrected chi connectivity index (χ4v) is 2.33. The van der Waals surface area contributed by atoms with E-state index in [1.54, 1.807) is 30.1 Å². The molecule has 0 saturated heterocycles. The minimum Gasteiger partial charge on any atom is -0.354 e. The van der Waals surface area contributed by atoms with Crippen molar-refractivity contribution in [2.24, 2.45) is 10.2 Å². The number of rotatable bonds is 4. The Morgan fingerprint density at radius 3 is 2.60 bits per heavy atom. The van der Waals surface area contributed by atoms with Crippen molar-refractivity contribution in [2.75, 3.05) is 7.05 Å². The molecule has 2 aromatic heterocycles. The lowest BCUT2D eigenvalue weighted by Gasteiger charge is -2.05. The van der Waals surface area contributed by atoms with Gasteiger partial charge in [0.2, 0.25) is 0 Å². The van der Waals surface area contributed by atoms with Crippen LogP contribution in [-0.4, -0.2) is 27.7 Å². The van der Waals surface area contributed by atoms with Crippen LogP contribution in [0.15, 0.2) is 58.9 Å². The zero-order valence-corrected chi connectivity index (χ0v) is 14.3. The molecule has 7 heteroatoms. The number of hydrogen-bond acceptors (Lipinski definition) is 5.